The number of thioether (sulfide) groups is 1. The number of hydrogen-bond acceptors (Lipinski definition) is 6. The van der Waals surface area contributed by atoms with Crippen molar-refractivity contribution in [2.45, 2.75) is 19.0 Å². The molecule has 0 saturated heterocycles. The van der Waals surface area contributed by atoms with E-state index in [1.54, 1.807) is 19.2 Å². The molecule has 2 N–H and O–H groups in total. The Morgan fingerprint density at radius 2 is 2.07 bits per heavy atom. The number of rotatable bonds is 5. The largest absolute Gasteiger partial charge is 0.495 e. The number of anilines is 1. The maximum absolute atomic E-state index is 12.3. The summed E-state index contributed by atoms with van der Waals surface area (Å²) in [7, 11) is 1.59. The molecule has 0 aliphatic carbocycles. The van der Waals surface area contributed by atoms with Crippen LogP contribution in [0, 0.1) is 13.8 Å². The molecule has 0 radical (unpaired) electrons. The molecule has 9 heteroatoms. The van der Waals surface area contributed by atoms with E-state index in [1.807, 2.05) is 32.0 Å². The Hall–Kier alpha value is -2.84. The maximum Gasteiger partial charge on any atom is 0.234 e. The lowest BCUT2D eigenvalue weighted by Gasteiger charge is -2.08. The number of nitrogens with zero attached hydrogens (tertiary/aromatic N) is 3. The standard InChI is InChI=1S/C20H18ClN5O2S/c1-10-4-6-13(11(2)8-10)22-15(27)9-29-20-24-19-18(25-26-20)16-12(21)5-7-14(28-3)17(16)23-19/h4-8H,9H2,1-3H3,(H,22,27)(H,23,24,26). The molecule has 148 valence electrons. The molecule has 2 aromatic carbocycles. The number of halogens is 1. The summed E-state index contributed by atoms with van der Waals surface area (Å²) in [6.45, 7) is 3.98. The van der Waals surface area contributed by atoms with Crippen molar-refractivity contribution in [2.24, 2.45) is 0 Å². The average molecular weight is 428 g/mol. The Bertz CT molecular complexity index is 1240. The summed E-state index contributed by atoms with van der Waals surface area (Å²) in [5, 5.41) is 13.0. The van der Waals surface area contributed by atoms with E-state index < -0.39 is 0 Å². The summed E-state index contributed by atoms with van der Waals surface area (Å²) in [4.78, 5) is 20.0. The topological polar surface area (TPSA) is 92.8 Å². The number of hydrogen-bond donors (Lipinski definition) is 2. The Labute approximate surface area is 176 Å². The van der Waals surface area contributed by atoms with Crippen molar-refractivity contribution in [2.75, 3.05) is 18.2 Å². The quantitative estimate of drug-likeness (QED) is 0.455. The van der Waals surface area contributed by atoms with Crippen molar-refractivity contribution < 1.29 is 9.53 Å². The van der Waals surface area contributed by atoms with Gasteiger partial charge in [0.05, 0.1) is 28.8 Å². The first-order chi connectivity index (χ1) is 14.0. The second kappa shape index (κ2) is 7.88. The minimum absolute atomic E-state index is 0.132. The van der Waals surface area contributed by atoms with Crippen LogP contribution in [0.15, 0.2) is 35.5 Å². The maximum atomic E-state index is 12.3. The Kier molecular flexibility index (Phi) is 5.29. The predicted molar refractivity (Wildman–Crippen MR) is 116 cm³/mol. The highest BCUT2D eigenvalue weighted by molar-refractivity contribution is 7.99. The van der Waals surface area contributed by atoms with E-state index in [4.69, 9.17) is 16.3 Å². The van der Waals surface area contributed by atoms with Gasteiger partial charge >= 0.3 is 0 Å². The van der Waals surface area contributed by atoms with E-state index in [2.05, 4.69) is 25.5 Å². The summed E-state index contributed by atoms with van der Waals surface area (Å²) in [5.41, 5.74) is 4.79. The lowest BCUT2D eigenvalue weighted by molar-refractivity contribution is -0.113. The monoisotopic (exact) mass is 427 g/mol. The number of aryl methyl sites for hydroxylation is 2. The van der Waals surface area contributed by atoms with Crippen LogP contribution in [-0.2, 0) is 4.79 Å². The van der Waals surface area contributed by atoms with E-state index in [0.29, 0.717) is 38.0 Å². The van der Waals surface area contributed by atoms with Crippen LogP contribution in [-0.4, -0.2) is 38.9 Å². The molecule has 2 aromatic heterocycles. The van der Waals surface area contributed by atoms with Crippen LogP contribution >= 0.6 is 23.4 Å². The van der Waals surface area contributed by atoms with Gasteiger partial charge in [0.25, 0.3) is 0 Å². The number of amides is 1. The van der Waals surface area contributed by atoms with Crippen molar-refractivity contribution in [1.82, 2.24) is 20.2 Å². The third-order valence-electron chi connectivity index (χ3n) is 4.47. The molecule has 0 atom stereocenters. The molecule has 0 spiro atoms. The molecule has 0 bridgehead atoms. The summed E-state index contributed by atoms with van der Waals surface area (Å²) >= 11 is 7.53. The van der Waals surface area contributed by atoms with Gasteiger partial charge in [-0.25, -0.2) is 4.98 Å². The van der Waals surface area contributed by atoms with Gasteiger partial charge in [0.2, 0.25) is 11.1 Å². The van der Waals surface area contributed by atoms with Gasteiger partial charge in [-0.3, -0.25) is 4.79 Å². The second-order valence-electron chi connectivity index (χ2n) is 6.57. The van der Waals surface area contributed by atoms with Crippen LogP contribution in [0.2, 0.25) is 5.02 Å². The number of benzene rings is 2. The fraction of sp³-hybridized carbons (Fsp3) is 0.200. The zero-order chi connectivity index (χ0) is 20.5. The molecule has 4 aromatic rings. The van der Waals surface area contributed by atoms with Gasteiger partial charge in [-0.15, -0.1) is 10.2 Å². The van der Waals surface area contributed by atoms with Crippen LogP contribution < -0.4 is 10.1 Å². The third-order valence-corrected chi connectivity index (χ3v) is 5.62. The minimum atomic E-state index is -0.132. The lowest BCUT2D eigenvalue weighted by atomic mass is 10.1. The molecule has 0 aliphatic rings. The lowest BCUT2D eigenvalue weighted by Crippen LogP contribution is -2.15. The number of H-pyrrole nitrogens is 1. The van der Waals surface area contributed by atoms with E-state index >= 15 is 0 Å². The van der Waals surface area contributed by atoms with Crippen molar-refractivity contribution in [1.29, 1.82) is 0 Å². The highest BCUT2D eigenvalue weighted by atomic mass is 35.5. The number of ether oxygens (including phenoxy) is 1. The number of aromatic nitrogens is 4. The molecule has 4 rings (SSSR count). The molecule has 29 heavy (non-hydrogen) atoms. The molecule has 0 saturated carbocycles. The van der Waals surface area contributed by atoms with E-state index in [0.717, 1.165) is 16.8 Å². The highest BCUT2D eigenvalue weighted by Gasteiger charge is 2.16. The minimum Gasteiger partial charge on any atom is -0.495 e. The molecular weight excluding hydrogens is 410 g/mol. The van der Waals surface area contributed by atoms with Gasteiger partial charge in [-0.2, -0.15) is 0 Å². The summed E-state index contributed by atoms with van der Waals surface area (Å²) in [5.74, 6) is 0.684. The summed E-state index contributed by atoms with van der Waals surface area (Å²) in [6, 6.07) is 9.42. The fourth-order valence-corrected chi connectivity index (χ4v) is 3.93. The summed E-state index contributed by atoms with van der Waals surface area (Å²) in [6.07, 6.45) is 0. The second-order valence-corrected chi connectivity index (χ2v) is 7.92. The van der Waals surface area contributed by atoms with E-state index in [-0.39, 0.29) is 11.7 Å². The fourth-order valence-electron chi connectivity index (χ4n) is 3.10. The normalized spacial score (nSPS) is 11.2. The van der Waals surface area contributed by atoms with Crippen LogP contribution in [0.25, 0.3) is 22.1 Å². The summed E-state index contributed by atoms with van der Waals surface area (Å²) < 4.78 is 5.37. The molecule has 7 nitrogen and oxygen atoms in total. The van der Waals surface area contributed by atoms with Crippen LogP contribution in [0.4, 0.5) is 5.69 Å². The van der Waals surface area contributed by atoms with Gasteiger partial charge in [-0.05, 0) is 37.6 Å². The molecule has 0 unspecified atom stereocenters. The number of aromatic amines is 1. The van der Waals surface area contributed by atoms with Gasteiger partial charge in [0.1, 0.15) is 11.3 Å². The third kappa shape index (κ3) is 3.86. The van der Waals surface area contributed by atoms with E-state index in [9.17, 15) is 4.79 Å². The smallest absolute Gasteiger partial charge is 0.234 e. The van der Waals surface area contributed by atoms with Crippen molar-refractivity contribution >= 4 is 57.0 Å². The van der Waals surface area contributed by atoms with Crippen molar-refractivity contribution in [3.8, 4) is 5.75 Å². The molecule has 0 fully saturated rings. The Balaban J connectivity index is 1.53. The average Bonchev–Trinajstić information content (AvgIpc) is 3.08. The van der Waals surface area contributed by atoms with Crippen LogP contribution in [0.3, 0.4) is 0 Å². The zero-order valence-corrected chi connectivity index (χ0v) is 17.6. The molecule has 1 amide bonds. The van der Waals surface area contributed by atoms with Crippen molar-refractivity contribution in [3.05, 3.63) is 46.5 Å². The van der Waals surface area contributed by atoms with Crippen molar-refractivity contribution in [3.63, 3.8) is 0 Å². The number of carbonyl (C=O) groups excluding carboxylic acids is 1. The van der Waals surface area contributed by atoms with Gasteiger partial charge in [0, 0.05) is 5.69 Å². The first-order valence-electron chi connectivity index (χ1n) is 8.84. The number of nitrogens with one attached hydrogen (secondary N) is 2. The Morgan fingerprint density at radius 3 is 2.83 bits per heavy atom. The number of carbonyl (C=O) groups is 1. The first-order valence-corrected chi connectivity index (χ1v) is 10.2. The zero-order valence-electron chi connectivity index (χ0n) is 16.0. The highest BCUT2D eigenvalue weighted by Crippen LogP contribution is 2.35. The van der Waals surface area contributed by atoms with Crippen LogP contribution in [0.5, 0.6) is 5.75 Å². The van der Waals surface area contributed by atoms with Gasteiger partial charge < -0.3 is 15.0 Å². The first kappa shape index (κ1) is 19.5. The SMILES string of the molecule is COc1ccc(Cl)c2c1[nH]c1nc(SCC(=O)Nc3ccc(C)cc3C)nnc12. The Morgan fingerprint density at radius 1 is 1.24 bits per heavy atom. The number of fused-ring (bicyclic) bond motifs is 3. The molecular formula is C20H18ClN5O2S. The van der Waals surface area contributed by atoms with Gasteiger partial charge in [0.15, 0.2) is 5.65 Å². The van der Waals surface area contributed by atoms with Crippen LogP contribution in [0.1, 0.15) is 11.1 Å². The van der Waals surface area contributed by atoms with E-state index in [1.165, 1.54) is 11.8 Å². The molecule has 0 aliphatic heterocycles. The predicted octanol–water partition coefficient (Wildman–Crippen LogP) is 4.52. The number of methoxy groups -OCH3 is 1. The van der Waals surface area contributed by atoms with Gasteiger partial charge in [-0.1, -0.05) is 41.1 Å². The molecule has 2 heterocycles.